The van der Waals surface area contributed by atoms with Gasteiger partial charge in [-0.1, -0.05) is 10.8 Å². The van der Waals surface area contributed by atoms with Crippen molar-refractivity contribution in [1.82, 2.24) is 10.2 Å². The van der Waals surface area contributed by atoms with Gasteiger partial charge in [0.25, 0.3) is 0 Å². The Hall–Kier alpha value is 0.620. The SMILES string of the molecule is CC(C)(SS)N1CCCNCC1. The molecule has 2 nitrogen and oxygen atoms in total. The lowest BCUT2D eigenvalue weighted by molar-refractivity contribution is 0.211. The van der Waals surface area contributed by atoms with E-state index in [-0.39, 0.29) is 4.87 Å². The molecule has 0 aromatic heterocycles. The first-order valence-electron chi connectivity index (χ1n) is 4.45. The molecule has 1 N–H and O–H groups in total. The topological polar surface area (TPSA) is 15.3 Å². The third kappa shape index (κ3) is 2.83. The molecular weight excluding hydrogens is 188 g/mol. The highest BCUT2D eigenvalue weighted by molar-refractivity contribution is 8.69. The first kappa shape index (κ1) is 10.7. The van der Waals surface area contributed by atoms with E-state index in [1.54, 1.807) is 10.8 Å². The van der Waals surface area contributed by atoms with Gasteiger partial charge < -0.3 is 5.32 Å². The number of rotatable bonds is 2. The average molecular weight is 206 g/mol. The van der Waals surface area contributed by atoms with Crippen molar-refractivity contribution >= 4 is 22.5 Å². The molecule has 1 fully saturated rings. The van der Waals surface area contributed by atoms with Gasteiger partial charge in [-0.25, -0.2) is 0 Å². The van der Waals surface area contributed by atoms with Gasteiger partial charge in [-0.3, -0.25) is 4.90 Å². The van der Waals surface area contributed by atoms with Crippen molar-refractivity contribution in [2.24, 2.45) is 0 Å². The van der Waals surface area contributed by atoms with Crippen molar-refractivity contribution in [2.75, 3.05) is 26.2 Å². The molecule has 12 heavy (non-hydrogen) atoms. The zero-order valence-corrected chi connectivity index (χ0v) is 9.55. The van der Waals surface area contributed by atoms with Crippen LogP contribution in [-0.2, 0) is 0 Å². The summed E-state index contributed by atoms with van der Waals surface area (Å²) in [7, 11) is 1.64. The van der Waals surface area contributed by atoms with E-state index in [9.17, 15) is 0 Å². The van der Waals surface area contributed by atoms with Gasteiger partial charge in [0, 0.05) is 19.6 Å². The van der Waals surface area contributed by atoms with Crippen LogP contribution in [-0.4, -0.2) is 35.9 Å². The average Bonchev–Trinajstić information content (AvgIpc) is 2.32. The Labute approximate surface area is 84.3 Å². The minimum Gasteiger partial charge on any atom is -0.315 e. The highest BCUT2D eigenvalue weighted by Crippen LogP contribution is 2.31. The summed E-state index contributed by atoms with van der Waals surface area (Å²) in [6, 6.07) is 0. The van der Waals surface area contributed by atoms with Gasteiger partial charge in [0.1, 0.15) is 0 Å². The Morgan fingerprint density at radius 1 is 1.33 bits per heavy atom. The fourth-order valence-electron chi connectivity index (χ4n) is 1.44. The molecule has 72 valence electrons. The Balaban J connectivity index is 2.47. The van der Waals surface area contributed by atoms with E-state index < -0.39 is 0 Å². The highest BCUT2D eigenvalue weighted by Gasteiger charge is 2.26. The third-order valence-electron chi connectivity index (χ3n) is 2.33. The van der Waals surface area contributed by atoms with E-state index in [2.05, 4.69) is 35.7 Å². The molecule has 0 saturated carbocycles. The lowest BCUT2D eigenvalue weighted by Gasteiger charge is -2.35. The van der Waals surface area contributed by atoms with Crippen molar-refractivity contribution in [2.45, 2.75) is 25.1 Å². The quantitative estimate of drug-likeness (QED) is 0.527. The van der Waals surface area contributed by atoms with Gasteiger partial charge in [0.2, 0.25) is 0 Å². The molecule has 0 atom stereocenters. The number of thiol groups is 1. The molecular formula is C8H18N2S2. The monoisotopic (exact) mass is 206 g/mol. The van der Waals surface area contributed by atoms with E-state index in [1.165, 1.54) is 13.0 Å². The van der Waals surface area contributed by atoms with Gasteiger partial charge in [-0.2, -0.15) is 0 Å². The van der Waals surface area contributed by atoms with Crippen molar-refractivity contribution in [3.8, 4) is 0 Å². The van der Waals surface area contributed by atoms with Crippen molar-refractivity contribution < 1.29 is 0 Å². The van der Waals surface area contributed by atoms with E-state index in [4.69, 9.17) is 0 Å². The summed E-state index contributed by atoms with van der Waals surface area (Å²) in [6.07, 6.45) is 1.25. The minimum absolute atomic E-state index is 0.176. The molecule has 0 radical (unpaired) electrons. The van der Waals surface area contributed by atoms with Crippen LogP contribution in [0.4, 0.5) is 0 Å². The third-order valence-corrected chi connectivity index (χ3v) is 4.37. The molecule has 0 spiro atoms. The first-order valence-corrected chi connectivity index (χ1v) is 6.32. The summed E-state index contributed by atoms with van der Waals surface area (Å²) in [5, 5.41) is 3.40. The largest absolute Gasteiger partial charge is 0.315 e. The Bertz CT molecular complexity index is 131. The fraction of sp³-hybridized carbons (Fsp3) is 1.00. The molecule has 4 heteroatoms. The van der Waals surface area contributed by atoms with Crippen LogP contribution in [0.1, 0.15) is 20.3 Å². The van der Waals surface area contributed by atoms with Gasteiger partial charge in [0.15, 0.2) is 0 Å². The Morgan fingerprint density at radius 3 is 2.75 bits per heavy atom. The predicted octanol–water partition coefficient (Wildman–Crippen LogP) is 1.60. The molecule has 1 heterocycles. The maximum atomic E-state index is 4.30. The molecule has 0 amide bonds. The lowest BCUT2D eigenvalue weighted by atomic mass is 10.3. The van der Waals surface area contributed by atoms with Crippen LogP contribution in [0, 0.1) is 0 Å². The number of nitrogens with one attached hydrogen (secondary N) is 1. The molecule has 0 aromatic carbocycles. The standard InChI is InChI=1S/C8H18N2S2/c1-8(2,12-11)10-6-3-4-9-5-7-10/h9,11H,3-7H2,1-2H3. The second-order valence-electron chi connectivity index (χ2n) is 3.63. The van der Waals surface area contributed by atoms with Crippen LogP contribution in [0.25, 0.3) is 0 Å². The number of hydrogen-bond donors (Lipinski definition) is 2. The van der Waals surface area contributed by atoms with E-state index in [0.717, 1.165) is 19.6 Å². The molecule has 1 saturated heterocycles. The van der Waals surface area contributed by atoms with E-state index in [1.807, 2.05) is 0 Å². The van der Waals surface area contributed by atoms with Crippen molar-refractivity contribution in [1.29, 1.82) is 0 Å². The molecule has 1 aliphatic heterocycles. The van der Waals surface area contributed by atoms with E-state index >= 15 is 0 Å². The van der Waals surface area contributed by atoms with Crippen molar-refractivity contribution in [3.05, 3.63) is 0 Å². The van der Waals surface area contributed by atoms with Gasteiger partial charge in [-0.05, 0) is 26.8 Å². The zero-order chi connectivity index (χ0) is 9.03. The van der Waals surface area contributed by atoms with Crippen LogP contribution >= 0.6 is 22.5 Å². The predicted molar refractivity (Wildman–Crippen MR) is 59.7 cm³/mol. The summed E-state index contributed by atoms with van der Waals surface area (Å²) < 4.78 is 0. The summed E-state index contributed by atoms with van der Waals surface area (Å²) in [4.78, 5) is 2.67. The first-order chi connectivity index (χ1) is 5.67. The second-order valence-corrected chi connectivity index (χ2v) is 5.36. The van der Waals surface area contributed by atoms with E-state index in [0.29, 0.717) is 0 Å². The molecule has 0 aromatic rings. The van der Waals surface area contributed by atoms with Crippen LogP contribution in [0.3, 0.4) is 0 Å². The molecule has 0 bridgehead atoms. The normalized spacial score (nSPS) is 22.2. The zero-order valence-electron chi connectivity index (χ0n) is 7.84. The van der Waals surface area contributed by atoms with Crippen LogP contribution < -0.4 is 5.32 Å². The Morgan fingerprint density at radius 2 is 2.08 bits per heavy atom. The van der Waals surface area contributed by atoms with Crippen LogP contribution in [0.15, 0.2) is 0 Å². The smallest absolute Gasteiger partial charge is 0.0714 e. The molecule has 0 aliphatic carbocycles. The summed E-state index contributed by atoms with van der Waals surface area (Å²) in [5.74, 6) is 0. The maximum Gasteiger partial charge on any atom is 0.0714 e. The number of hydrogen-bond acceptors (Lipinski definition) is 4. The van der Waals surface area contributed by atoms with Crippen LogP contribution in [0.2, 0.25) is 0 Å². The van der Waals surface area contributed by atoms with Gasteiger partial charge in [0.05, 0.1) is 4.87 Å². The maximum absolute atomic E-state index is 4.30. The Kier molecular flexibility index (Phi) is 4.23. The summed E-state index contributed by atoms with van der Waals surface area (Å²) in [6.45, 7) is 9.06. The lowest BCUT2D eigenvalue weighted by Crippen LogP contribution is -2.42. The summed E-state index contributed by atoms with van der Waals surface area (Å²) in [5.41, 5.74) is 0. The van der Waals surface area contributed by atoms with Crippen LogP contribution in [0.5, 0.6) is 0 Å². The second kappa shape index (κ2) is 4.74. The fourth-order valence-corrected chi connectivity index (χ4v) is 2.09. The molecule has 1 rings (SSSR count). The molecule has 0 unspecified atom stereocenters. The molecule has 1 aliphatic rings. The van der Waals surface area contributed by atoms with Gasteiger partial charge in [-0.15, -0.1) is 11.7 Å². The van der Waals surface area contributed by atoms with Gasteiger partial charge >= 0.3 is 0 Å². The summed E-state index contributed by atoms with van der Waals surface area (Å²) >= 11 is 4.30. The minimum atomic E-state index is 0.176. The number of nitrogens with zero attached hydrogens (tertiary/aromatic N) is 1. The van der Waals surface area contributed by atoms with Crippen molar-refractivity contribution in [3.63, 3.8) is 0 Å². The highest BCUT2D eigenvalue weighted by atomic mass is 33.1.